The molecule has 0 amide bonds. The third-order valence-electron chi connectivity index (χ3n) is 1.06. The first-order valence-corrected chi connectivity index (χ1v) is 6.08. The van der Waals surface area contributed by atoms with Crippen LogP contribution in [-0.4, -0.2) is 12.3 Å². The van der Waals surface area contributed by atoms with E-state index < -0.39 is 0 Å². The van der Waals surface area contributed by atoms with Crippen molar-refractivity contribution in [2.45, 2.75) is 6.92 Å². The second-order valence-electron chi connectivity index (χ2n) is 1.85. The number of allylic oxidation sites excluding steroid dienone is 2. The Morgan fingerprint density at radius 3 is 2.71 bits per heavy atom. The molecule has 0 saturated carbocycles. The fourth-order valence-electron chi connectivity index (χ4n) is 0.655. The molecule has 1 heterocycles. The average Bonchev–Trinajstić information content (AvgIpc) is 1.87. The molecule has 0 saturated heterocycles. The minimum atomic E-state index is 0.216. The Morgan fingerprint density at radius 1 is 1.86 bits per heavy atom. The number of hydrogen-bond donors (Lipinski definition) is 0. The molecule has 0 nitrogen and oxygen atoms in total. The maximum atomic E-state index is 3.59. The van der Waals surface area contributed by atoms with Crippen LogP contribution in [0.2, 0.25) is 0 Å². The van der Waals surface area contributed by atoms with Gasteiger partial charge in [0.2, 0.25) is 0 Å². The van der Waals surface area contributed by atoms with Gasteiger partial charge in [-0.1, -0.05) is 27.1 Å². The highest BCUT2D eigenvalue weighted by molar-refractivity contribution is 9.39. The van der Waals surface area contributed by atoms with Crippen molar-refractivity contribution in [3.63, 3.8) is 0 Å². The highest BCUT2D eigenvalue weighted by Crippen LogP contribution is 2.49. The topological polar surface area (TPSA) is 0 Å². The molecule has 0 aromatic rings. The van der Waals surface area contributed by atoms with E-state index in [4.69, 9.17) is 0 Å². The molecule has 0 aliphatic carbocycles. The molecule has 1 aliphatic rings. The minimum Gasteiger partial charge on any atom is -0.0801 e. The van der Waals surface area contributed by atoms with Gasteiger partial charge in [-0.15, -0.1) is 0 Å². The van der Waals surface area contributed by atoms with E-state index in [1.54, 1.807) is 5.57 Å². The van der Waals surface area contributed by atoms with E-state index in [1.807, 2.05) is 0 Å². The Hall–Kier alpha value is 0.650. The zero-order valence-corrected chi connectivity index (χ0v) is 6.80. The maximum Gasteiger partial charge on any atom is -0.00157 e. The van der Waals surface area contributed by atoms with Gasteiger partial charge in [-0.25, -0.2) is 0 Å². The zero-order chi connectivity index (χ0) is 5.28. The molecular weight excluding hydrogens is 171 g/mol. The van der Waals surface area contributed by atoms with Gasteiger partial charge in [0.1, 0.15) is 0 Å². The summed E-state index contributed by atoms with van der Waals surface area (Å²) in [5, 5.41) is 0. The van der Waals surface area contributed by atoms with Crippen LogP contribution < -0.4 is 0 Å². The number of halogens is 1. The summed E-state index contributed by atoms with van der Waals surface area (Å²) >= 11 is 3.59. The molecule has 2 heteroatoms. The molecule has 0 spiro atoms. The second kappa shape index (κ2) is 2.28. The van der Waals surface area contributed by atoms with Gasteiger partial charge >= 0.3 is 0 Å². The van der Waals surface area contributed by atoms with Crippen molar-refractivity contribution in [2.24, 2.45) is 0 Å². The average molecular weight is 179 g/mol. The molecule has 7 heavy (non-hydrogen) atoms. The van der Waals surface area contributed by atoms with Gasteiger partial charge in [0.15, 0.2) is 0 Å². The van der Waals surface area contributed by atoms with E-state index in [0.29, 0.717) is 0 Å². The monoisotopic (exact) mass is 178 g/mol. The second-order valence-corrected chi connectivity index (χ2v) is 6.47. The molecule has 0 N–H and O–H groups in total. The smallest absolute Gasteiger partial charge is 0.00157 e. The van der Waals surface area contributed by atoms with Crippen LogP contribution in [0, 0.1) is 0 Å². The standard InChI is InChI=1S/C5H8BrP/c1-5-2-3-7(6)4-5/h2H,3-4H2,1H3. The van der Waals surface area contributed by atoms with Crippen LogP contribution in [0.5, 0.6) is 0 Å². The third kappa shape index (κ3) is 1.54. The maximum absolute atomic E-state index is 3.59. The summed E-state index contributed by atoms with van der Waals surface area (Å²) in [6.07, 6.45) is 4.93. The van der Waals surface area contributed by atoms with Gasteiger partial charge in [0.25, 0.3) is 0 Å². The predicted octanol–water partition coefficient (Wildman–Crippen LogP) is 2.74. The summed E-state index contributed by atoms with van der Waals surface area (Å²) in [6.45, 7) is 2.41. The lowest BCUT2D eigenvalue weighted by Gasteiger charge is -1.93. The van der Waals surface area contributed by atoms with Crippen molar-refractivity contribution in [2.75, 3.05) is 12.3 Å². The number of hydrogen-bond acceptors (Lipinski definition) is 0. The van der Waals surface area contributed by atoms with Crippen molar-refractivity contribution < 1.29 is 0 Å². The third-order valence-corrected chi connectivity index (χ3v) is 4.10. The highest BCUT2D eigenvalue weighted by Gasteiger charge is 2.08. The van der Waals surface area contributed by atoms with Crippen molar-refractivity contribution in [1.82, 2.24) is 0 Å². The van der Waals surface area contributed by atoms with Crippen LogP contribution in [0.15, 0.2) is 11.6 Å². The van der Waals surface area contributed by atoms with Crippen LogP contribution >= 0.6 is 22.1 Å². The Balaban J connectivity index is 2.42. The summed E-state index contributed by atoms with van der Waals surface area (Å²) < 4.78 is 0. The van der Waals surface area contributed by atoms with Crippen molar-refractivity contribution in [1.29, 1.82) is 0 Å². The summed E-state index contributed by atoms with van der Waals surface area (Å²) in [5.41, 5.74) is 1.56. The lowest BCUT2D eigenvalue weighted by Crippen LogP contribution is -1.68. The Bertz CT molecular complexity index is 98.3. The Kier molecular flexibility index (Phi) is 1.88. The Labute approximate surface area is 53.5 Å². The first kappa shape index (κ1) is 5.78. The van der Waals surface area contributed by atoms with Crippen LogP contribution in [-0.2, 0) is 0 Å². The van der Waals surface area contributed by atoms with Crippen molar-refractivity contribution in [3.05, 3.63) is 11.6 Å². The van der Waals surface area contributed by atoms with Gasteiger partial charge in [0, 0.05) is 0 Å². The molecule has 0 bridgehead atoms. The van der Waals surface area contributed by atoms with Gasteiger partial charge in [0.05, 0.1) is 0 Å². The largest absolute Gasteiger partial charge is 0.0801 e. The highest BCUT2D eigenvalue weighted by atomic mass is 79.9. The molecule has 0 radical (unpaired) electrons. The first-order chi connectivity index (χ1) is 3.29. The van der Waals surface area contributed by atoms with Gasteiger partial charge < -0.3 is 0 Å². The van der Waals surface area contributed by atoms with Gasteiger partial charge in [-0.3, -0.25) is 0 Å². The van der Waals surface area contributed by atoms with Crippen LogP contribution in [0.4, 0.5) is 0 Å². The summed E-state index contributed by atoms with van der Waals surface area (Å²) in [7, 11) is 0. The summed E-state index contributed by atoms with van der Waals surface area (Å²) in [5.74, 6) is 0. The lowest BCUT2D eigenvalue weighted by atomic mass is 10.3. The molecule has 1 unspecified atom stereocenters. The van der Waals surface area contributed by atoms with Crippen LogP contribution in [0.1, 0.15) is 6.92 Å². The van der Waals surface area contributed by atoms with E-state index in [-0.39, 0.29) is 6.62 Å². The number of rotatable bonds is 0. The van der Waals surface area contributed by atoms with Crippen molar-refractivity contribution in [3.8, 4) is 0 Å². The van der Waals surface area contributed by atoms with E-state index in [9.17, 15) is 0 Å². The normalized spacial score (nSPS) is 30.6. The zero-order valence-electron chi connectivity index (χ0n) is 4.32. The molecule has 1 rings (SSSR count). The fraction of sp³-hybridized carbons (Fsp3) is 0.600. The molecule has 1 aliphatic heterocycles. The molecular formula is C5H8BrP. The predicted molar refractivity (Wildman–Crippen MR) is 39.3 cm³/mol. The molecule has 40 valence electrons. The van der Waals surface area contributed by atoms with Gasteiger partial charge in [-0.05, 0) is 25.9 Å². The lowest BCUT2D eigenvalue weighted by molar-refractivity contribution is 1.42. The molecule has 0 aromatic heterocycles. The van der Waals surface area contributed by atoms with Gasteiger partial charge in [-0.2, -0.15) is 0 Å². The summed E-state index contributed by atoms with van der Waals surface area (Å²) in [4.78, 5) is 0. The summed E-state index contributed by atoms with van der Waals surface area (Å²) in [6, 6.07) is 0. The molecule has 0 fully saturated rings. The molecule has 1 atom stereocenters. The van der Waals surface area contributed by atoms with E-state index in [0.717, 1.165) is 0 Å². The first-order valence-electron chi connectivity index (χ1n) is 2.35. The van der Waals surface area contributed by atoms with E-state index in [2.05, 4.69) is 28.5 Å². The van der Waals surface area contributed by atoms with E-state index >= 15 is 0 Å². The van der Waals surface area contributed by atoms with Crippen LogP contribution in [0.25, 0.3) is 0 Å². The van der Waals surface area contributed by atoms with E-state index in [1.165, 1.54) is 12.3 Å². The quantitative estimate of drug-likeness (QED) is 0.396. The minimum absolute atomic E-state index is 0.216. The fourth-order valence-corrected chi connectivity index (χ4v) is 3.58. The molecule has 0 aromatic carbocycles. The SMILES string of the molecule is CC1=CCP(Br)C1. The van der Waals surface area contributed by atoms with Crippen LogP contribution in [0.3, 0.4) is 0 Å². The van der Waals surface area contributed by atoms with Crippen molar-refractivity contribution >= 4 is 22.1 Å². The Morgan fingerprint density at radius 2 is 2.57 bits per heavy atom.